The molecule has 0 bridgehead atoms. The molecule has 0 nitrogen and oxygen atoms in total. The zero-order valence-corrected chi connectivity index (χ0v) is 11.8. The lowest BCUT2D eigenvalue weighted by atomic mass is 9.60. The van der Waals surface area contributed by atoms with E-state index in [-0.39, 0.29) is 0 Å². The lowest BCUT2D eigenvalue weighted by molar-refractivity contribution is 0.114. The Morgan fingerprint density at radius 3 is 2.61 bits per heavy atom. The lowest BCUT2D eigenvalue weighted by Crippen LogP contribution is -2.35. The largest absolute Gasteiger partial charge is 0.126 e. The molecule has 4 atom stereocenters. The quantitative estimate of drug-likeness (QED) is 0.613. The second-order valence-corrected chi connectivity index (χ2v) is 8.38. The molecule has 0 radical (unpaired) electrons. The van der Waals surface area contributed by atoms with Gasteiger partial charge in [0.2, 0.25) is 0 Å². The molecule has 0 heterocycles. The highest BCUT2D eigenvalue weighted by Crippen LogP contribution is 2.96. The van der Waals surface area contributed by atoms with Crippen molar-refractivity contribution in [3.05, 3.63) is 17.4 Å². The molecule has 4 unspecified atom stereocenters. The van der Waals surface area contributed by atoms with E-state index in [1.165, 1.54) is 24.7 Å². The molecule has 0 N–H and O–H groups in total. The molecule has 0 aromatic rings. The topological polar surface area (TPSA) is 0 Å². The summed E-state index contributed by atoms with van der Waals surface area (Å²) in [4.78, 5) is 0. The Hall–Kier alpha value is -0.480. The minimum absolute atomic E-state index is 0.674. The Kier molecular flexibility index (Phi) is 1.54. The van der Waals surface area contributed by atoms with Gasteiger partial charge in [-0.25, -0.2) is 0 Å². The van der Waals surface area contributed by atoms with Crippen molar-refractivity contribution in [2.45, 2.75) is 58.8 Å². The predicted molar refractivity (Wildman–Crippen MR) is 73.0 cm³/mol. The van der Waals surface area contributed by atoms with Crippen molar-refractivity contribution in [3.63, 3.8) is 0 Å². The molecule has 5 saturated carbocycles. The summed E-state index contributed by atoms with van der Waals surface area (Å²) in [6.45, 7) is 4.77. The van der Waals surface area contributed by atoms with Crippen LogP contribution in [0.1, 0.15) is 58.8 Å². The summed E-state index contributed by atoms with van der Waals surface area (Å²) in [5.74, 6) is 3.52. The first-order valence-corrected chi connectivity index (χ1v) is 8.08. The maximum atomic E-state index is 3.51. The van der Waals surface area contributed by atoms with Gasteiger partial charge in [-0.2, -0.15) is 0 Å². The number of fused-ring (bicyclic) bond motifs is 4. The number of allylic oxidation sites excluding steroid dienone is 1. The van der Waals surface area contributed by atoms with E-state index in [4.69, 9.17) is 0 Å². The molecule has 0 aromatic heterocycles. The average Bonchev–Trinajstić information content (AvgIpc) is 3.11. The van der Waals surface area contributed by atoms with E-state index in [9.17, 15) is 0 Å². The van der Waals surface area contributed by atoms with Gasteiger partial charge in [0.25, 0.3) is 0 Å². The summed E-state index contributed by atoms with van der Waals surface area (Å²) in [7, 11) is 0. The second kappa shape index (κ2) is 2.68. The maximum Gasteiger partial charge on any atom is -0.0183 e. The first-order valence-electron chi connectivity index (χ1n) is 8.08. The Bertz CT molecular complexity index is 492. The molecule has 5 rings (SSSR count). The highest BCUT2D eigenvalue weighted by Gasteiger charge is 2.90. The first kappa shape index (κ1) is 10.3. The highest BCUT2D eigenvalue weighted by molar-refractivity contribution is 5.39. The van der Waals surface area contributed by atoms with Gasteiger partial charge >= 0.3 is 0 Å². The van der Waals surface area contributed by atoms with Crippen LogP contribution in [0.15, 0.2) is 17.4 Å². The van der Waals surface area contributed by atoms with Gasteiger partial charge in [-0.3, -0.25) is 0 Å². The van der Waals surface area contributed by atoms with Crippen molar-refractivity contribution < 1.29 is 0 Å². The highest BCUT2D eigenvalue weighted by atomic mass is 14.9. The molecular formula is C18H24. The van der Waals surface area contributed by atoms with Crippen molar-refractivity contribution in [1.29, 1.82) is 0 Å². The Labute approximate surface area is 111 Å². The Morgan fingerprint density at radius 2 is 2.00 bits per heavy atom. The lowest BCUT2D eigenvalue weighted by Gasteiger charge is -2.44. The van der Waals surface area contributed by atoms with Crippen LogP contribution in [0.25, 0.3) is 0 Å². The van der Waals surface area contributed by atoms with Crippen LogP contribution in [-0.4, -0.2) is 0 Å². The van der Waals surface area contributed by atoms with E-state index in [2.05, 4.69) is 25.7 Å². The Morgan fingerprint density at radius 1 is 1.22 bits per heavy atom. The van der Waals surface area contributed by atoms with Crippen LogP contribution >= 0.6 is 0 Å². The van der Waals surface area contributed by atoms with Gasteiger partial charge in [-0.15, -0.1) is 5.73 Å². The third-order valence-corrected chi connectivity index (χ3v) is 7.40. The standard InChI is InChI=1S/C18H24/c1-3-4-5-12-8-16(2,9-12)14-11-18(14)10-13-15(18)17(13)6-7-17/h4,13-15H,3,6-11H2,1-2H3. The summed E-state index contributed by atoms with van der Waals surface area (Å²) < 4.78 is 0. The first-order chi connectivity index (χ1) is 8.65. The average molecular weight is 240 g/mol. The van der Waals surface area contributed by atoms with Crippen LogP contribution in [0.2, 0.25) is 0 Å². The number of hydrogen-bond donors (Lipinski definition) is 0. The van der Waals surface area contributed by atoms with Crippen LogP contribution in [0, 0.1) is 34.0 Å². The van der Waals surface area contributed by atoms with E-state index in [0.717, 1.165) is 23.2 Å². The second-order valence-electron chi connectivity index (χ2n) is 8.38. The fourth-order valence-corrected chi connectivity index (χ4v) is 6.42. The third-order valence-electron chi connectivity index (χ3n) is 7.40. The monoisotopic (exact) mass is 240 g/mol. The maximum absolute atomic E-state index is 3.51. The van der Waals surface area contributed by atoms with Crippen molar-refractivity contribution in [1.82, 2.24) is 0 Å². The summed E-state index contributed by atoms with van der Waals surface area (Å²) in [6, 6.07) is 0. The van der Waals surface area contributed by atoms with Crippen molar-refractivity contribution in [3.8, 4) is 0 Å². The van der Waals surface area contributed by atoms with Crippen LogP contribution in [0.5, 0.6) is 0 Å². The molecule has 5 aliphatic carbocycles. The van der Waals surface area contributed by atoms with E-state index in [1.807, 2.05) is 0 Å². The molecule has 5 aliphatic rings. The zero-order valence-electron chi connectivity index (χ0n) is 11.8. The smallest absolute Gasteiger partial charge is 0.0183 e. The molecule has 18 heavy (non-hydrogen) atoms. The molecule has 0 aromatic carbocycles. The minimum atomic E-state index is 0.674. The zero-order chi connectivity index (χ0) is 12.2. The fourth-order valence-electron chi connectivity index (χ4n) is 6.42. The molecule has 96 valence electrons. The summed E-state index contributed by atoms with van der Waals surface area (Å²) in [5, 5.41) is 0. The molecule has 0 aliphatic heterocycles. The number of hydrogen-bond acceptors (Lipinski definition) is 0. The molecule has 5 fully saturated rings. The predicted octanol–water partition coefficient (Wildman–Crippen LogP) is 4.71. The van der Waals surface area contributed by atoms with Crippen LogP contribution in [-0.2, 0) is 0 Å². The van der Waals surface area contributed by atoms with Gasteiger partial charge in [0, 0.05) is 0 Å². The van der Waals surface area contributed by atoms with Crippen LogP contribution in [0.4, 0.5) is 0 Å². The van der Waals surface area contributed by atoms with Gasteiger partial charge in [0.15, 0.2) is 0 Å². The van der Waals surface area contributed by atoms with Gasteiger partial charge in [-0.05, 0) is 90.6 Å². The Balaban J connectivity index is 1.31. The van der Waals surface area contributed by atoms with E-state index < -0.39 is 0 Å². The van der Waals surface area contributed by atoms with Gasteiger partial charge in [0.1, 0.15) is 0 Å². The van der Waals surface area contributed by atoms with Crippen molar-refractivity contribution in [2.24, 2.45) is 34.0 Å². The molecule has 0 amide bonds. The van der Waals surface area contributed by atoms with Crippen LogP contribution < -0.4 is 0 Å². The molecule has 0 saturated heterocycles. The van der Waals surface area contributed by atoms with Gasteiger partial charge in [0.05, 0.1) is 0 Å². The van der Waals surface area contributed by atoms with Crippen molar-refractivity contribution in [2.75, 3.05) is 0 Å². The fraction of sp³-hybridized carbons (Fsp3) is 0.833. The summed E-state index contributed by atoms with van der Waals surface area (Å²) in [5.41, 5.74) is 7.63. The van der Waals surface area contributed by atoms with Gasteiger partial charge < -0.3 is 0 Å². The summed E-state index contributed by atoms with van der Waals surface area (Å²) in [6.07, 6.45) is 12.5. The minimum Gasteiger partial charge on any atom is -0.126 e. The van der Waals surface area contributed by atoms with Gasteiger partial charge in [-0.1, -0.05) is 13.8 Å². The third kappa shape index (κ3) is 0.955. The van der Waals surface area contributed by atoms with Crippen molar-refractivity contribution >= 4 is 0 Å². The molecule has 0 heteroatoms. The normalized spacial score (nSPS) is 56.3. The SMILES string of the molecule is CCC=C=C1CC(C)(C2CC23CC2C3C23CC3)C1. The van der Waals surface area contributed by atoms with E-state index in [0.29, 0.717) is 5.41 Å². The van der Waals surface area contributed by atoms with E-state index >= 15 is 0 Å². The number of rotatable bonds is 2. The van der Waals surface area contributed by atoms with E-state index in [1.54, 1.807) is 31.3 Å². The molecular weight excluding hydrogens is 216 g/mol. The van der Waals surface area contributed by atoms with Crippen LogP contribution in [0.3, 0.4) is 0 Å². The molecule has 2 spiro atoms. The summed E-state index contributed by atoms with van der Waals surface area (Å²) >= 11 is 0.